The summed E-state index contributed by atoms with van der Waals surface area (Å²) < 4.78 is 4.88. The molecule has 1 heterocycles. The minimum atomic E-state index is -0.624. The molecule has 0 radical (unpaired) electrons. The van der Waals surface area contributed by atoms with Gasteiger partial charge in [-0.2, -0.15) is 0 Å². The van der Waals surface area contributed by atoms with Crippen LogP contribution in [-0.2, 0) is 9.53 Å². The quantitative estimate of drug-likeness (QED) is 0.727. The fourth-order valence-electron chi connectivity index (χ4n) is 2.30. The fraction of sp³-hybridized carbons (Fsp3) is 0.667. The van der Waals surface area contributed by atoms with Gasteiger partial charge in [-0.25, -0.2) is 4.79 Å². The standard InChI is InChI=1S/C15H24N4O3/c1-5-22-14(21)18-12(17-13(20)9-6-7-9)10-8-19(4)15(2,3)11(10)16/h9,16H,5-8H2,1-4H3,(H,17,20)(H,18,21)/b12-10-,16-11?. The third kappa shape index (κ3) is 3.30. The molecule has 1 saturated carbocycles. The first kappa shape index (κ1) is 16.5. The number of hydrogen-bond donors (Lipinski definition) is 3. The SMILES string of the molecule is CCOC(=O)N/C(NC(=O)C1CC1)=C1/CN(C)C(C)(C)C1=N. The van der Waals surface area contributed by atoms with Crippen LogP contribution in [0.15, 0.2) is 11.4 Å². The first-order chi connectivity index (χ1) is 10.3. The number of nitrogens with one attached hydrogen (secondary N) is 3. The van der Waals surface area contributed by atoms with Crippen molar-refractivity contribution in [2.45, 2.75) is 39.2 Å². The molecule has 2 fully saturated rings. The van der Waals surface area contributed by atoms with Gasteiger partial charge in [-0.1, -0.05) is 0 Å². The molecular formula is C15H24N4O3. The van der Waals surface area contributed by atoms with Crippen molar-refractivity contribution in [2.75, 3.05) is 20.2 Å². The van der Waals surface area contributed by atoms with Crippen molar-refractivity contribution in [3.05, 3.63) is 11.4 Å². The van der Waals surface area contributed by atoms with Gasteiger partial charge in [0.25, 0.3) is 0 Å². The molecule has 2 amide bonds. The van der Waals surface area contributed by atoms with E-state index in [1.54, 1.807) is 6.92 Å². The Balaban J connectivity index is 2.26. The van der Waals surface area contributed by atoms with Crippen LogP contribution in [0, 0.1) is 11.3 Å². The van der Waals surface area contributed by atoms with Gasteiger partial charge in [0.05, 0.1) is 17.9 Å². The Morgan fingerprint density at radius 2 is 2.00 bits per heavy atom. The lowest BCUT2D eigenvalue weighted by atomic mass is 9.97. The van der Waals surface area contributed by atoms with Crippen molar-refractivity contribution < 1.29 is 14.3 Å². The third-order valence-electron chi connectivity index (χ3n) is 4.26. The largest absolute Gasteiger partial charge is 0.450 e. The van der Waals surface area contributed by atoms with Gasteiger partial charge in [-0.3, -0.25) is 15.0 Å². The third-order valence-corrected chi connectivity index (χ3v) is 4.26. The summed E-state index contributed by atoms with van der Waals surface area (Å²) in [7, 11) is 1.91. The smallest absolute Gasteiger partial charge is 0.412 e. The number of likely N-dealkylation sites (N-methyl/N-ethyl adjacent to an activating group) is 1. The molecule has 2 aliphatic rings. The lowest BCUT2D eigenvalue weighted by molar-refractivity contribution is -0.121. The molecule has 3 N–H and O–H groups in total. The molecule has 7 nitrogen and oxygen atoms in total. The number of likely N-dealkylation sites (tertiary alicyclic amines) is 1. The monoisotopic (exact) mass is 308 g/mol. The topological polar surface area (TPSA) is 94.5 Å². The van der Waals surface area contributed by atoms with E-state index in [0.717, 1.165) is 12.8 Å². The first-order valence-electron chi connectivity index (χ1n) is 7.55. The van der Waals surface area contributed by atoms with Crippen molar-refractivity contribution in [1.82, 2.24) is 15.5 Å². The number of alkyl carbamates (subject to hydrolysis) is 1. The molecule has 1 aliphatic carbocycles. The minimum absolute atomic E-state index is 0.0147. The van der Waals surface area contributed by atoms with E-state index >= 15 is 0 Å². The second-order valence-electron chi connectivity index (χ2n) is 6.25. The van der Waals surface area contributed by atoms with Crippen molar-refractivity contribution in [2.24, 2.45) is 5.92 Å². The van der Waals surface area contributed by atoms with Gasteiger partial charge in [-0.15, -0.1) is 0 Å². The summed E-state index contributed by atoms with van der Waals surface area (Å²) in [6.45, 7) is 6.32. The molecule has 22 heavy (non-hydrogen) atoms. The highest BCUT2D eigenvalue weighted by Gasteiger charge is 2.41. The number of hydrogen-bond acceptors (Lipinski definition) is 5. The number of rotatable bonds is 4. The Hall–Kier alpha value is -1.89. The summed E-state index contributed by atoms with van der Waals surface area (Å²) in [6, 6.07) is 0. The molecule has 1 aliphatic heterocycles. The van der Waals surface area contributed by atoms with Crippen LogP contribution < -0.4 is 10.6 Å². The van der Waals surface area contributed by atoms with Crippen LogP contribution in [0.2, 0.25) is 0 Å². The highest BCUT2D eigenvalue weighted by Crippen LogP contribution is 2.31. The number of nitrogens with zero attached hydrogens (tertiary/aromatic N) is 1. The van der Waals surface area contributed by atoms with Gasteiger partial charge in [-0.05, 0) is 40.7 Å². The molecular weight excluding hydrogens is 284 g/mol. The Labute approximate surface area is 130 Å². The summed E-state index contributed by atoms with van der Waals surface area (Å²) in [5, 5.41) is 13.7. The van der Waals surface area contributed by atoms with E-state index < -0.39 is 11.6 Å². The number of carbonyl (C=O) groups excluding carboxylic acids is 2. The van der Waals surface area contributed by atoms with Gasteiger partial charge < -0.3 is 15.5 Å². The molecule has 2 rings (SSSR count). The number of ether oxygens (including phenoxy) is 1. The van der Waals surface area contributed by atoms with E-state index in [4.69, 9.17) is 10.1 Å². The zero-order valence-corrected chi connectivity index (χ0v) is 13.6. The van der Waals surface area contributed by atoms with Crippen molar-refractivity contribution >= 4 is 17.7 Å². The van der Waals surface area contributed by atoms with Gasteiger partial charge in [0.15, 0.2) is 0 Å². The summed E-state index contributed by atoms with van der Waals surface area (Å²) in [5.74, 6) is 0.179. The van der Waals surface area contributed by atoms with Crippen molar-refractivity contribution in [3.63, 3.8) is 0 Å². The maximum atomic E-state index is 12.0. The van der Waals surface area contributed by atoms with E-state index in [-0.39, 0.29) is 24.3 Å². The summed E-state index contributed by atoms with van der Waals surface area (Å²) in [5.41, 5.74) is 0.564. The molecule has 0 aromatic carbocycles. The maximum Gasteiger partial charge on any atom is 0.412 e. The Kier molecular flexibility index (Phi) is 4.55. The van der Waals surface area contributed by atoms with Crippen molar-refractivity contribution in [1.29, 1.82) is 5.41 Å². The molecule has 0 unspecified atom stereocenters. The maximum absolute atomic E-state index is 12.0. The summed E-state index contributed by atoms with van der Waals surface area (Å²) in [4.78, 5) is 25.8. The zero-order chi connectivity index (χ0) is 16.5. The second-order valence-corrected chi connectivity index (χ2v) is 6.25. The van der Waals surface area contributed by atoms with E-state index in [0.29, 0.717) is 17.8 Å². The lowest BCUT2D eigenvalue weighted by Gasteiger charge is -2.26. The number of carbonyl (C=O) groups is 2. The minimum Gasteiger partial charge on any atom is -0.450 e. The molecule has 0 bridgehead atoms. The Morgan fingerprint density at radius 1 is 1.36 bits per heavy atom. The van der Waals surface area contributed by atoms with Crippen LogP contribution >= 0.6 is 0 Å². The van der Waals surface area contributed by atoms with E-state index in [1.165, 1.54) is 0 Å². The van der Waals surface area contributed by atoms with Crippen LogP contribution in [0.3, 0.4) is 0 Å². The van der Waals surface area contributed by atoms with E-state index in [2.05, 4.69) is 10.6 Å². The van der Waals surface area contributed by atoms with Gasteiger partial charge in [0.2, 0.25) is 5.91 Å². The average molecular weight is 308 g/mol. The summed E-state index contributed by atoms with van der Waals surface area (Å²) >= 11 is 0. The molecule has 0 aromatic heterocycles. The van der Waals surface area contributed by atoms with Gasteiger partial charge >= 0.3 is 6.09 Å². The Bertz CT molecular complexity index is 535. The average Bonchev–Trinajstić information content (AvgIpc) is 3.24. The van der Waals surface area contributed by atoms with Gasteiger partial charge in [0, 0.05) is 18.0 Å². The van der Waals surface area contributed by atoms with E-state index in [9.17, 15) is 9.59 Å². The van der Waals surface area contributed by atoms with Crippen LogP contribution in [0.1, 0.15) is 33.6 Å². The lowest BCUT2D eigenvalue weighted by Crippen LogP contribution is -2.40. The zero-order valence-electron chi connectivity index (χ0n) is 13.6. The van der Waals surface area contributed by atoms with Crippen LogP contribution in [0.5, 0.6) is 0 Å². The normalized spacial score (nSPS) is 23.2. The molecule has 7 heteroatoms. The molecule has 1 saturated heterocycles. The molecule has 0 spiro atoms. The number of amides is 2. The fourth-order valence-corrected chi connectivity index (χ4v) is 2.30. The highest BCUT2D eigenvalue weighted by molar-refractivity contribution is 6.08. The van der Waals surface area contributed by atoms with E-state index in [1.807, 2.05) is 25.8 Å². The molecule has 0 aromatic rings. The first-order valence-corrected chi connectivity index (χ1v) is 7.55. The van der Waals surface area contributed by atoms with Gasteiger partial charge in [0.1, 0.15) is 5.82 Å². The predicted molar refractivity (Wildman–Crippen MR) is 82.5 cm³/mol. The predicted octanol–water partition coefficient (Wildman–Crippen LogP) is 1.21. The molecule has 122 valence electrons. The highest BCUT2D eigenvalue weighted by atomic mass is 16.5. The van der Waals surface area contributed by atoms with Crippen molar-refractivity contribution in [3.8, 4) is 0 Å². The van der Waals surface area contributed by atoms with Crippen LogP contribution in [-0.4, -0.2) is 48.4 Å². The Morgan fingerprint density at radius 3 is 2.45 bits per heavy atom. The molecule has 0 atom stereocenters. The summed E-state index contributed by atoms with van der Waals surface area (Å²) in [6.07, 6.45) is 1.12. The van der Waals surface area contributed by atoms with Crippen LogP contribution in [0.25, 0.3) is 0 Å². The van der Waals surface area contributed by atoms with Crippen LogP contribution in [0.4, 0.5) is 4.79 Å². The second kappa shape index (κ2) is 6.08.